The maximum absolute atomic E-state index is 12.4. The molecule has 3 aliphatic rings. The lowest BCUT2D eigenvalue weighted by molar-refractivity contribution is 0.114. The summed E-state index contributed by atoms with van der Waals surface area (Å²) in [5.74, 6) is 0.816. The van der Waals surface area contributed by atoms with E-state index in [1.807, 2.05) is 7.05 Å². The Morgan fingerprint density at radius 2 is 2.16 bits per heavy atom. The normalized spacial score (nSPS) is 33.1. The number of aryl methyl sites for hydroxylation is 1. The van der Waals surface area contributed by atoms with Crippen molar-refractivity contribution in [2.24, 2.45) is 11.8 Å². The third-order valence-electron chi connectivity index (χ3n) is 6.83. The first kappa shape index (κ1) is 16.9. The van der Waals surface area contributed by atoms with Crippen molar-refractivity contribution in [2.75, 3.05) is 20.1 Å². The zero-order valence-electron chi connectivity index (χ0n) is 15.2. The summed E-state index contributed by atoms with van der Waals surface area (Å²) >= 11 is 0. The van der Waals surface area contributed by atoms with Crippen LogP contribution in [-0.4, -0.2) is 42.3 Å². The summed E-state index contributed by atoms with van der Waals surface area (Å²) in [6.45, 7) is 1.43. The van der Waals surface area contributed by atoms with Gasteiger partial charge in [0, 0.05) is 31.5 Å². The van der Waals surface area contributed by atoms with Gasteiger partial charge in [-0.25, -0.2) is 4.79 Å². The predicted octanol–water partition coefficient (Wildman–Crippen LogP) is 3.08. The number of hydrogen-bond acceptors (Lipinski definition) is 2. The second-order valence-electron chi connectivity index (χ2n) is 8.39. The zero-order valence-corrected chi connectivity index (χ0v) is 15.2. The Hall–Kier alpha value is -1.55. The van der Waals surface area contributed by atoms with Crippen LogP contribution in [0.3, 0.4) is 0 Å². The Morgan fingerprint density at radius 3 is 2.96 bits per heavy atom. The van der Waals surface area contributed by atoms with Crippen LogP contribution < -0.4 is 5.32 Å². The number of fused-ring (bicyclic) bond motifs is 2. The van der Waals surface area contributed by atoms with Crippen molar-refractivity contribution in [3.8, 4) is 0 Å². The van der Waals surface area contributed by atoms with Crippen LogP contribution in [0.15, 0.2) is 24.3 Å². The lowest BCUT2D eigenvalue weighted by Crippen LogP contribution is -2.42. The third kappa shape index (κ3) is 3.17. The minimum Gasteiger partial charge on any atom is -0.393 e. The average Bonchev–Trinajstić information content (AvgIpc) is 3.16. The molecule has 4 rings (SSSR count). The molecule has 0 heterocycles. The first-order valence-electron chi connectivity index (χ1n) is 9.85. The largest absolute Gasteiger partial charge is 0.393 e. The molecule has 0 aromatic heterocycles. The number of carbonyl (C=O) groups excluding carboxylic acids is 1. The fourth-order valence-electron chi connectivity index (χ4n) is 5.25. The monoisotopic (exact) mass is 342 g/mol. The number of aliphatic hydroxyl groups is 1. The van der Waals surface area contributed by atoms with Crippen molar-refractivity contribution < 1.29 is 9.90 Å². The Balaban J connectivity index is 1.31. The van der Waals surface area contributed by atoms with E-state index >= 15 is 0 Å². The molecular formula is C21H30N2O2. The van der Waals surface area contributed by atoms with Gasteiger partial charge in [-0.3, -0.25) is 0 Å². The number of amides is 2. The molecule has 0 radical (unpaired) electrons. The van der Waals surface area contributed by atoms with Crippen molar-refractivity contribution in [1.29, 1.82) is 0 Å². The second-order valence-corrected chi connectivity index (χ2v) is 8.39. The second kappa shape index (κ2) is 6.64. The van der Waals surface area contributed by atoms with Crippen molar-refractivity contribution in [2.45, 2.75) is 56.5 Å². The van der Waals surface area contributed by atoms with Gasteiger partial charge in [0.05, 0.1) is 6.10 Å². The topological polar surface area (TPSA) is 52.6 Å². The summed E-state index contributed by atoms with van der Waals surface area (Å²) in [5, 5.41) is 13.1. The molecule has 0 aliphatic heterocycles. The van der Waals surface area contributed by atoms with Gasteiger partial charge in [-0.05, 0) is 55.6 Å². The number of carbonyl (C=O) groups is 1. The summed E-state index contributed by atoms with van der Waals surface area (Å²) in [5.41, 5.74) is 3.36. The van der Waals surface area contributed by atoms with E-state index in [2.05, 4.69) is 29.6 Å². The fourth-order valence-corrected chi connectivity index (χ4v) is 5.25. The molecule has 1 aromatic carbocycles. The summed E-state index contributed by atoms with van der Waals surface area (Å²) in [7, 11) is 1.85. The summed E-state index contributed by atoms with van der Waals surface area (Å²) in [4.78, 5) is 14.2. The molecule has 0 saturated heterocycles. The van der Waals surface area contributed by atoms with E-state index in [0.29, 0.717) is 17.9 Å². The van der Waals surface area contributed by atoms with E-state index in [1.54, 1.807) is 4.90 Å². The predicted molar refractivity (Wildman–Crippen MR) is 98.5 cm³/mol. The van der Waals surface area contributed by atoms with Crippen LogP contribution in [0.2, 0.25) is 0 Å². The van der Waals surface area contributed by atoms with Crippen LogP contribution in [-0.2, 0) is 11.8 Å². The number of nitrogens with one attached hydrogen (secondary N) is 1. The van der Waals surface area contributed by atoms with Gasteiger partial charge in [0.15, 0.2) is 0 Å². The highest BCUT2D eigenvalue weighted by Gasteiger charge is 2.56. The molecule has 1 spiro atoms. The molecule has 4 heteroatoms. The van der Waals surface area contributed by atoms with Crippen molar-refractivity contribution >= 4 is 6.03 Å². The molecule has 2 fully saturated rings. The Bertz CT molecular complexity index is 647. The maximum Gasteiger partial charge on any atom is 0.317 e. The zero-order chi connectivity index (χ0) is 17.4. The molecule has 4 atom stereocenters. The van der Waals surface area contributed by atoms with Crippen molar-refractivity contribution in [3.05, 3.63) is 35.4 Å². The molecular weight excluding hydrogens is 312 g/mol. The Kier molecular flexibility index (Phi) is 4.48. The van der Waals surface area contributed by atoms with Crippen molar-refractivity contribution in [3.63, 3.8) is 0 Å². The highest BCUT2D eigenvalue weighted by Crippen LogP contribution is 2.59. The lowest BCUT2D eigenvalue weighted by atomic mass is 9.78. The van der Waals surface area contributed by atoms with Gasteiger partial charge < -0.3 is 15.3 Å². The fraction of sp³-hybridized carbons (Fsp3) is 0.667. The van der Waals surface area contributed by atoms with E-state index in [9.17, 15) is 9.90 Å². The number of benzene rings is 1. The van der Waals surface area contributed by atoms with E-state index in [4.69, 9.17) is 0 Å². The SMILES string of the molecule is CN(CC1CCCC1O)C(=O)NCC1CC12CCCc1ccccc12. The van der Waals surface area contributed by atoms with Crippen LogP contribution in [0.1, 0.15) is 49.7 Å². The minimum atomic E-state index is -0.235. The van der Waals surface area contributed by atoms with E-state index < -0.39 is 0 Å². The number of hydrogen-bond donors (Lipinski definition) is 2. The molecule has 1 aromatic rings. The minimum absolute atomic E-state index is 0.00486. The average molecular weight is 342 g/mol. The number of rotatable bonds is 4. The lowest BCUT2D eigenvalue weighted by Gasteiger charge is -2.27. The molecule has 4 nitrogen and oxygen atoms in total. The first-order valence-corrected chi connectivity index (χ1v) is 9.85. The highest BCUT2D eigenvalue weighted by molar-refractivity contribution is 5.74. The molecule has 3 aliphatic carbocycles. The molecule has 25 heavy (non-hydrogen) atoms. The van der Waals surface area contributed by atoms with Gasteiger partial charge in [-0.2, -0.15) is 0 Å². The molecule has 0 bridgehead atoms. The van der Waals surface area contributed by atoms with Gasteiger partial charge >= 0.3 is 6.03 Å². The Labute approximate surface area is 150 Å². The molecule has 136 valence electrons. The maximum atomic E-state index is 12.4. The van der Waals surface area contributed by atoms with E-state index in [1.165, 1.54) is 36.8 Å². The van der Waals surface area contributed by atoms with Crippen LogP contribution in [0.5, 0.6) is 0 Å². The molecule has 2 amide bonds. The summed E-state index contributed by atoms with van der Waals surface area (Å²) in [6, 6.07) is 8.86. The summed E-state index contributed by atoms with van der Waals surface area (Å²) in [6.07, 6.45) is 7.67. The van der Waals surface area contributed by atoms with Crippen LogP contribution in [0.25, 0.3) is 0 Å². The van der Waals surface area contributed by atoms with Gasteiger partial charge in [0.1, 0.15) is 0 Å². The third-order valence-corrected chi connectivity index (χ3v) is 6.83. The van der Waals surface area contributed by atoms with Gasteiger partial charge in [-0.15, -0.1) is 0 Å². The van der Waals surface area contributed by atoms with E-state index in [-0.39, 0.29) is 18.1 Å². The van der Waals surface area contributed by atoms with E-state index in [0.717, 1.165) is 25.8 Å². The van der Waals surface area contributed by atoms with Gasteiger partial charge in [0.25, 0.3) is 0 Å². The number of nitrogens with zero attached hydrogens (tertiary/aromatic N) is 1. The standard InChI is InChI=1S/C21H30N2O2/c1-23(14-16-7-4-10-19(16)24)20(25)22-13-17-12-21(17)11-5-8-15-6-2-3-9-18(15)21/h2-3,6,9,16-17,19,24H,4-5,7-8,10-14H2,1H3,(H,22,25). The van der Waals surface area contributed by atoms with Crippen LogP contribution in [0.4, 0.5) is 4.79 Å². The quantitative estimate of drug-likeness (QED) is 0.883. The first-order chi connectivity index (χ1) is 12.1. The highest BCUT2D eigenvalue weighted by atomic mass is 16.3. The number of aliphatic hydroxyl groups excluding tert-OH is 1. The summed E-state index contributed by atoms with van der Waals surface area (Å²) < 4.78 is 0. The van der Waals surface area contributed by atoms with Gasteiger partial charge in [0.2, 0.25) is 0 Å². The van der Waals surface area contributed by atoms with Crippen LogP contribution in [0, 0.1) is 11.8 Å². The molecule has 2 saturated carbocycles. The molecule has 4 unspecified atom stereocenters. The van der Waals surface area contributed by atoms with Crippen molar-refractivity contribution in [1.82, 2.24) is 10.2 Å². The molecule has 2 N–H and O–H groups in total. The number of urea groups is 1. The smallest absolute Gasteiger partial charge is 0.317 e. The van der Waals surface area contributed by atoms with Crippen LogP contribution >= 0.6 is 0 Å². The Morgan fingerprint density at radius 1 is 1.32 bits per heavy atom. The van der Waals surface area contributed by atoms with Gasteiger partial charge in [-0.1, -0.05) is 30.7 Å².